The van der Waals surface area contributed by atoms with E-state index in [0.29, 0.717) is 12.8 Å². The maximum absolute atomic E-state index is 11.7. The molecule has 0 N–H and O–H groups in total. The number of alkyl halides is 1. The Labute approximate surface area is 43.2 Å². The molecule has 0 aromatic carbocycles. The van der Waals surface area contributed by atoms with Gasteiger partial charge >= 0.3 is 0 Å². The van der Waals surface area contributed by atoms with Crippen molar-refractivity contribution in [3.8, 4) is 0 Å². The molecule has 1 atom stereocenters. The summed E-state index contributed by atoms with van der Waals surface area (Å²) in [6, 6.07) is 0. The topological polar surface area (TPSA) is 19.9 Å². The molecular weight excluding hydrogens is 95.1 g/mol. The van der Waals surface area contributed by atoms with E-state index in [1.165, 1.54) is 6.92 Å². The van der Waals surface area contributed by atoms with E-state index in [4.69, 9.17) is 0 Å². The summed E-state index contributed by atoms with van der Waals surface area (Å²) in [7, 11) is 0. The highest BCUT2D eigenvalue weighted by Crippen LogP contribution is 1.97. The van der Waals surface area contributed by atoms with Gasteiger partial charge in [-0.05, 0) is 19.8 Å². The van der Waals surface area contributed by atoms with Crippen molar-refractivity contribution in [3.05, 3.63) is 0 Å². The van der Waals surface area contributed by atoms with E-state index in [2.05, 4.69) is 0 Å². The molecule has 0 rings (SSSR count). The van der Waals surface area contributed by atoms with Gasteiger partial charge in [0.2, 0.25) is 0 Å². The lowest BCUT2D eigenvalue weighted by atomic mass is 10.2. The predicted octanol–water partition coefficient (Wildman–Crippen LogP) is 1.56. The number of hydrogen-bond acceptors (Lipinski definition) is 0. The minimum atomic E-state index is -0.797. The van der Waals surface area contributed by atoms with Crippen molar-refractivity contribution < 1.29 is 9.50 Å². The van der Waals surface area contributed by atoms with Gasteiger partial charge in [0.25, 0.3) is 0 Å². The smallest absolute Gasteiger partial charge is 0.0974 e. The standard InChI is InChI=1S/C5H10FO/c1-5(6)3-2-4-7/h5H,2-4H2,1H3. The van der Waals surface area contributed by atoms with E-state index >= 15 is 0 Å². The third kappa shape index (κ3) is 5.89. The summed E-state index contributed by atoms with van der Waals surface area (Å²) in [6.07, 6.45) is 0.0928. The van der Waals surface area contributed by atoms with Crippen LogP contribution in [-0.2, 0) is 5.11 Å². The summed E-state index contributed by atoms with van der Waals surface area (Å²) in [5.41, 5.74) is 0. The first-order valence-electron chi connectivity index (χ1n) is 2.49. The van der Waals surface area contributed by atoms with Gasteiger partial charge in [-0.25, -0.2) is 9.50 Å². The molecule has 1 nitrogen and oxygen atoms in total. The fourth-order valence-corrected chi connectivity index (χ4v) is 0.365. The van der Waals surface area contributed by atoms with E-state index in [-0.39, 0.29) is 6.61 Å². The van der Waals surface area contributed by atoms with Gasteiger partial charge in [-0.2, -0.15) is 0 Å². The molecule has 0 amide bonds. The van der Waals surface area contributed by atoms with Gasteiger partial charge in [0, 0.05) is 0 Å². The zero-order valence-electron chi connectivity index (χ0n) is 4.48. The molecule has 0 aromatic heterocycles. The highest BCUT2D eigenvalue weighted by Gasteiger charge is 1.94. The zero-order valence-corrected chi connectivity index (χ0v) is 4.48. The van der Waals surface area contributed by atoms with E-state index < -0.39 is 6.17 Å². The van der Waals surface area contributed by atoms with Crippen LogP contribution >= 0.6 is 0 Å². The second-order valence-corrected chi connectivity index (χ2v) is 1.63. The minimum absolute atomic E-state index is 0.145. The predicted molar refractivity (Wildman–Crippen MR) is 25.4 cm³/mol. The average molecular weight is 105 g/mol. The summed E-state index contributed by atoms with van der Waals surface area (Å²) in [4.78, 5) is 0. The second kappa shape index (κ2) is 4.06. The maximum Gasteiger partial charge on any atom is 0.0974 e. The van der Waals surface area contributed by atoms with Crippen LogP contribution in [0, 0.1) is 0 Å². The molecule has 0 spiro atoms. The van der Waals surface area contributed by atoms with Gasteiger partial charge < -0.3 is 0 Å². The van der Waals surface area contributed by atoms with Crippen molar-refractivity contribution in [3.63, 3.8) is 0 Å². The third-order valence-electron chi connectivity index (χ3n) is 0.746. The highest BCUT2D eigenvalue weighted by atomic mass is 19.1. The zero-order chi connectivity index (χ0) is 5.70. The van der Waals surface area contributed by atoms with E-state index in [1.807, 2.05) is 0 Å². The Balaban J connectivity index is 2.68. The summed E-state index contributed by atoms with van der Waals surface area (Å²) >= 11 is 0. The van der Waals surface area contributed by atoms with Gasteiger partial charge in [0.15, 0.2) is 0 Å². The van der Waals surface area contributed by atoms with E-state index in [0.717, 1.165) is 0 Å². The van der Waals surface area contributed by atoms with Crippen LogP contribution in [0.5, 0.6) is 0 Å². The molecule has 0 aromatic rings. The molecule has 2 heteroatoms. The van der Waals surface area contributed by atoms with Crippen molar-refractivity contribution in [2.45, 2.75) is 25.9 Å². The summed E-state index contributed by atoms with van der Waals surface area (Å²) in [5, 5.41) is 9.67. The molecule has 1 unspecified atom stereocenters. The van der Waals surface area contributed by atoms with Crippen LogP contribution in [0.1, 0.15) is 19.8 Å². The normalized spacial score (nSPS) is 14.1. The highest BCUT2D eigenvalue weighted by molar-refractivity contribution is 4.44. The average Bonchev–Trinajstić information content (AvgIpc) is 1.61. The first kappa shape index (κ1) is 6.89. The van der Waals surface area contributed by atoms with Gasteiger partial charge in [0.05, 0.1) is 12.8 Å². The Morgan fingerprint density at radius 3 is 2.43 bits per heavy atom. The lowest BCUT2D eigenvalue weighted by Crippen LogP contribution is -1.92. The molecule has 1 radical (unpaired) electrons. The lowest BCUT2D eigenvalue weighted by Gasteiger charge is -1.94. The fraction of sp³-hybridized carbons (Fsp3) is 1.00. The van der Waals surface area contributed by atoms with Crippen molar-refractivity contribution >= 4 is 0 Å². The number of rotatable bonds is 3. The Bertz CT molecular complexity index is 37.1. The van der Waals surface area contributed by atoms with Crippen molar-refractivity contribution in [1.29, 1.82) is 0 Å². The van der Waals surface area contributed by atoms with Gasteiger partial charge in [-0.1, -0.05) is 0 Å². The molecule has 0 heterocycles. The fourth-order valence-electron chi connectivity index (χ4n) is 0.365. The molecule has 0 aliphatic rings. The van der Waals surface area contributed by atoms with Crippen LogP contribution in [0.25, 0.3) is 0 Å². The largest absolute Gasteiger partial charge is 0.248 e. The summed E-state index contributed by atoms with van der Waals surface area (Å²) in [6.45, 7) is 1.32. The molecule has 0 saturated carbocycles. The van der Waals surface area contributed by atoms with Crippen molar-refractivity contribution in [2.75, 3.05) is 6.61 Å². The van der Waals surface area contributed by atoms with Gasteiger partial charge in [-0.15, -0.1) is 0 Å². The van der Waals surface area contributed by atoms with Gasteiger partial charge in [0.1, 0.15) is 0 Å². The van der Waals surface area contributed by atoms with E-state index in [9.17, 15) is 9.50 Å². The Hall–Kier alpha value is -0.110. The minimum Gasteiger partial charge on any atom is -0.248 e. The van der Waals surface area contributed by atoms with Crippen LogP contribution in [0.4, 0.5) is 4.39 Å². The SMILES string of the molecule is CC(F)CCC[O]. The quantitative estimate of drug-likeness (QED) is 0.519. The van der Waals surface area contributed by atoms with E-state index in [1.54, 1.807) is 0 Å². The molecule has 43 valence electrons. The van der Waals surface area contributed by atoms with Gasteiger partial charge in [-0.3, -0.25) is 0 Å². The molecular formula is C5H10FO. The Morgan fingerprint density at radius 2 is 2.29 bits per heavy atom. The summed E-state index contributed by atoms with van der Waals surface area (Å²) in [5.74, 6) is 0. The summed E-state index contributed by atoms with van der Waals surface area (Å²) < 4.78 is 11.7. The third-order valence-corrected chi connectivity index (χ3v) is 0.746. The van der Waals surface area contributed by atoms with Crippen LogP contribution in [0.3, 0.4) is 0 Å². The molecule has 0 saturated heterocycles. The lowest BCUT2D eigenvalue weighted by molar-refractivity contribution is 0.175. The first-order valence-corrected chi connectivity index (χ1v) is 2.49. The van der Waals surface area contributed by atoms with Crippen LogP contribution < -0.4 is 0 Å². The molecule has 0 bridgehead atoms. The molecule has 0 aliphatic carbocycles. The maximum atomic E-state index is 11.7. The van der Waals surface area contributed by atoms with Crippen LogP contribution in [-0.4, -0.2) is 12.8 Å². The number of hydrogen-bond donors (Lipinski definition) is 0. The first-order chi connectivity index (χ1) is 3.27. The van der Waals surface area contributed by atoms with Crippen molar-refractivity contribution in [2.24, 2.45) is 0 Å². The van der Waals surface area contributed by atoms with Crippen molar-refractivity contribution in [1.82, 2.24) is 0 Å². The Kier molecular flexibility index (Phi) is 4.00. The molecule has 0 fully saturated rings. The molecule has 0 aliphatic heterocycles. The molecule has 7 heavy (non-hydrogen) atoms. The number of halogens is 1. The monoisotopic (exact) mass is 105 g/mol. The van der Waals surface area contributed by atoms with Crippen LogP contribution in [0.2, 0.25) is 0 Å². The second-order valence-electron chi connectivity index (χ2n) is 1.63. The Morgan fingerprint density at radius 1 is 1.71 bits per heavy atom. The van der Waals surface area contributed by atoms with Crippen LogP contribution in [0.15, 0.2) is 0 Å².